The Hall–Kier alpha value is -2.58. The number of para-hydroxylation sites is 1. The number of rotatable bonds is 6. The highest BCUT2D eigenvalue weighted by Gasteiger charge is 2.34. The number of anilines is 1. The lowest BCUT2D eigenvalue weighted by Gasteiger charge is -2.36. The Morgan fingerprint density at radius 3 is 2.62 bits per heavy atom. The topological polar surface area (TPSA) is 82.1 Å². The van der Waals surface area contributed by atoms with Gasteiger partial charge in [-0.2, -0.15) is 0 Å². The van der Waals surface area contributed by atoms with Crippen LogP contribution in [0.5, 0.6) is 5.75 Å². The Morgan fingerprint density at radius 2 is 1.88 bits per heavy atom. The maximum absolute atomic E-state index is 13.7. The molecule has 0 bridgehead atoms. The van der Waals surface area contributed by atoms with E-state index in [1.165, 1.54) is 23.5 Å². The normalized spacial score (nSPS) is 19.3. The standard InChI is InChI=1S/C24H29NO6S/c1-17-7-8-19-5-3-4-6-22(19)25(17)32(27,28)20-9-10-23(21(15-20)24(26)29-2)31-16-18-11-13-30-14-12-18/h3-6,9-10,15,17-18H,7-8,11-14,16H2,1-2H3. The van der Waals surface area contributed by atoms with E-state index in [2.05, 4.69) is 0 Å². The summed E-state index contributed by atoms with van der Waals surface area (Å²) in [6.07, 6.45) is 3.35. The van der Waals surface area contributed by atoms with Crippen LogP contribution >= 0.6 is 0 Å². The molecule has 0 N–H and O–H groups in total. The number of nitrogens with zero attached hydrogens (tertiary/aromatic N) is 1. The molecule has 7 nitrogen and oxygen atoms in total. The Morgan fingerprint density at radius 1 is 1.12 bits per heavy atom. The third kappa shape index (κ3) is 4.47. The van der Waals surface area contributed by atoms with E-state index in [1.54, 1.807) is 6.07 Å². The van der Waals surface area contributed by atoms with Crippen LogP contribution in [-0.4, -0.2) is 47.4 Å². The van der Waals surface area contributed by atoms with Crippen molar-refractivity contribution < 1.29 is 27.4 Å². The highest BCUT2D eigenvalue weighted by molar-refractivity contribution is 7.92. The smallest absolute Gasteiger partial charge is 0.341 e. The molecule has 2 aromatic rings. The fraction of sp³-hybridized carbons (Fsp3) is 0.458. The summed E-state index contributed by atoms with van der Waals surface area (Å²) in [5.74, 6) is 0.0360. The zero-order chi connectivity index (χ0) is 22.7. The van der Waals surface area contributed by atoms with Crippen LogP contribution in [0.25, 0.3) is 0 Å². The van der Waals surface area contributed by atoms with E-state index < -0.39 is 16.0 Å². The Kier molecular flexibility index (Phi) is 6.71. The van der Waals surface area contributed by atoms with Gasteiger partial charge >= 0.3 is 5.97 Å². The molecule has 172 valence electrons. The molecule has 1 fully saturated rings. The predicted molar refractivity (Wildman–Crippen MR) is 121 cm³/mol. The van der Waals surface area contributed by atoms with Crippen LogP contribution in [0.3, 0.4) is 0 Å². The second kappa shape index (κ2) is 9.50. The van der Waals surface area contributed by atoms with E-state index in [1.807, 2.05) is 31.2 Å². The highest BCUT2D eigenvalue weighted by Crippen LogP contribution is 2.36. The Bertz CT molecular complexity index is 1080. The molecule has 0 amide bonds. The number of fused-ring (bicyclic) bond motifs is 1. The van der Waals surface area contributed by atoms with Crippen molar-refractivity contribution in [3.63, 3.8) is 0 Å². The summed E-state index contributed by atoms with van der Waals surface area (Å²) in [6.45, 7) is 3.74. The first-order valence-electron chi connectivity index (χ1n) is 11.0. The molecule has 2 heterocycles. The minimum Gasteiger partial charge on any atom is -0.492 e. The Balaban J connectivity index is 1.66. The number of aryl methyl sites for hydroxylation is 1. The van der Waals surface area contributed by atoms with E-state index >= 15 is 0 Å². The highest BCUT2D eigenvalue weighted by atomic mass is 32.2. The maximum Gasteiger partial charge on any atom is 0.341 e. The molecular formula is C24H29NO6S. The minimum atomic E-state index is -3.89. The molecule has 0 spiro atoms. The number of sulfonamides is 1. The van der Waals surface area contributed by atoms with Crippen molar-refractivity contribution >= 4 is 21.7 Å². The van der Waals surface area contributed by atoms with Crippen molar-refractivity contribution in [2.24, 2.45) is 5.92 Å². The van der Waals surface area contributed by atoms with Gasteiger partial charge in [0.2, 0.25) is 0 Å². The van der Waals surface area contributed by atoms with Crippen molar-refractivity contribution in [3.05, 3.63) is 53.6 Å². The molecule has 0 radical (unpaired) electrons. The lowest BCUT2D eigenvalue weighted by Crippen LogP contribution is -2.42. The predicted octanol–water partition coefficient (Wildman–Crippen LogP) is 3.81. The minimum absolute atomic E-state index is 0.0415. The molecule has 2 aliphatic heterocycles. The lowest BCUT2D eigenvalue weighted by atomic mass is 9.99. The van der Waals surface area contributed by atoms with E-state index in [0.29, 0.717) is 37.2 Å². The zero-order valence-electron chi connectivity index (χ0n) is 18.5. The average Bonchev–Trinajstić information content (AvgIpc) is 2.82. The quantitative estimate of drug-likeness (QED) is 0.611. The molecule has 0 aliphatic carbocycles. The summed E-state index contributed by atoms with van der Waals surface area (Å²) in [6, 6.07) is 11.8. The van der Waals surface area contributed by atoms with Gasteiger partial charge in [-0.1, -0.05) is 18.2 Å². The largest absolute Gasteiger partial charge is 0.492 e. The summed E-state index contributed by atoms with van der Waals surface area (Å²) < 4.78 is 45.0. The number of carbonyl (C=O) groups is 1. The van der Waals surface area contributed by atoms with Gasteiger partial charge in [-0.25, -0.2) is 13.2 Å². The number of hydrogen-bond donors (Lipinski definition) is 0. The van der Waals surface area contributed by atoms with E-state index in [-0.39, 0.29) is 16.5 Å². The van der Waals surface area contributed by atoms with E-state index in [9.17, 15) is 13.2 Å². The van der Waals surface area contributed by atoms with Gasteiger partial charge in [0.25, 0.3) is 10.0 Å². The van der Waals surface area contributed by atoms with Gasteiger partial charge in [-0.3, -0.25) is 4.31 Å². The monoisotopic (exact) mass is 459 g/mol. The molecule has 2 aliphatic rings. The molecular weight excluding hydrogens is 430 g/mol. The molecule has 1 unspecified atom stereocenters. The fourth-order valence-electron chi connectivity index (χ4n) is 4.32. The molecule has 1 atom stereocenters. The third-order valence-electron chi connectivity index (χ3n) is 6.19. The number of esters is 1. The summed E-state index contributed by atoms with van der Waals surface area (Å²) in [7, 11) is -2.62. The summed E-state index contributed by atoms with van der Waals surface area (Å²) in [5, 5.41) is 0. The van der Waals surface area contributed by atoms with E-state index in [0.717, 1.165) is 31.2 Å². The van der Waals surface area contributed by atoms with E-state index in [4.69, 9.17) is 14.2 Å². The van der Waals surface area contributed by atoms with Crippen LogP contribution in [0.1, 0.15) is 42.1 Å². The van der Waals surface area contributed by atoms with Gasteiger partial charge in [0.05, 0.1) is 24.3 Å². The van der Waals surface area contributed by atoms with Gasteiger partial charge in [-0.05, 0) is 68.4 Å². The van der Waals surface area contributed by atoms with Crippen molar-refractivity contribution in [2.45, 2.75) is 43.5 Å². The van der Waals surface area contributed by atoms with Crippen LogP contribution < -0.4 is 9.04 Å². The van der Waals surface area contributed by atoms with Crippen molar-refractivity contribution in [1.29, 1.82) is 0 Å². The summed E-state index contributed by atoms with van der Waals surface area (Å²) in [5.41, 5.74) is 1.79. The molecule has 32 heavy (non-hydrogen) atoms. The molecule has 8 heteroatoms. The number of ether oxygens (including phenoxy) is 3. The van der Waals surface area contributed by atoms with Crippen molar-refractivity contribution in [2.75, 3.05) is 31.2 Å². The molecule has 4 rings (SSSR count). The van der Waals surface area contributed by atoms with Crippen LogP contribution in [0.4, 0.5) is 5.69 Å². The van der Waals surface area contributed by atoms with Crippen LogP contribution in [-0.2, 0) is 25.9 Å². The number of methoxy groups -OCH3 is 1. The number of hydrogen-bond acceptors (Lipinski definition) is 6. The second-order valence-corrected chi connectivity index (χ2v) is 10.1. The molecule has 2 aromatic carbocycles. The van der Waals surface area contributed by atoms with Gasteiger partial charge in [0.15, 0.2) is 0 Å². The second-order valence-electron chi connectivity index (χ2n) is 8.33. The number of carbonyl (C=O) groups excluding carboxylic acids is 1. The van der Waals surface area contributed by atoms with Crippen molar-refractivity contribution in [3.8, 4) is 5.75 Å². The summed E-state index contributed by atoms with van der Waals surface area (Å²) in [4.78, 5) is 12.5. The fourth-order valence-corrected chi connectivity index (χ4v) is 6.07. The first kappa shape index (κ1) is 22.6. The van der Waals surface area contributed by atoms with Gasteiger partial charge < -0.3 is 14.2 Å². The first-order valence-corrected chi connectivity index (χ1v) is 12.4. The average molecular weight is 460 g/mol. The Labute approximate surface area is 189 Å². The van der Waals surface area contributed by atoms with Crippen LogP contribution in [0, 0.1) is 5.92 Å². The van der Waals surface area contributed by atoms with Crippen LogP contribution in [0.2, 0.25) is 0 Å². The van der Waals surface area contributed by atoms with Gasteiger partial charge in [0.1, 0.15) is 11.3 Å². The molecule has 0 saturated carbocycles. The first-order chi connectivity index (χ1) is 15.4. The SMILES string of the molecule is COC(=O)c1cc(S(=O)(=O)N2c3ccccc3CCC2C)ccc1OCC1CCOCC1. The van der Waals surface area contributed by atoms with Gasteiger partial charge in [-0.15, -0.1) is 0 Å². The zero-order valence-corrected chi connectivity index (χ0v) is 19.3. The summed E-state index contributed by atoms with van der Waals surface area (Å²) >= 11 is 0. The van der Waals surface area contributed by atoms with Crippen LogP contribution in [0.15, 0.2) is 47.4 Å². The molecule has 0 aromatic heterocycles. The number of benzene rings is 2. The van der Waals surface area contributed by atoms with Gasteiger partial charge in [0, 0.05) is 19.3 Å². The van der Waals surface area contributed by atoms with Crippen molar-refractivity contribution in [1.82, 2.24) is 0 Å². The molecule has 1 saturated heterocycles. The maximum atomic E-state index is 13.7. The third-order valence-corrected chi connectivity index (χ3v) is 8.11. The lowest BCUT2D eigenvalue weighted by molar-refractivity contribution is 0.0483.